The molecule has 3 rings (SSSR count). The Morgan fingerprint density at radius 1 is 1.12 bits per heavy atom. The maximum Gasteiger partial charge on any atom is 0.222 e. The third-order valence-corrected chi connectivity index (χ3v) is 5.45. The van der Waals surface area contributed by atoms with Gasteiger partial charge in [0.05, 0.1) is 12.7 Å². The van der Waals surface area contributed by atoms with Crippen molar-refractivity contribution in [2.75, 3.05) is 13.1 Å². The Morgan fingerprint density at radius 2 is 1.92 bits per heavy atom. The molecule has 1 fully saturated rings. The topological polar surface area (TPSA) is 29.5 Å². The van der Waals surface area contributed by atoms with Crippen LogP contribution in [0.4, 0.5) is 0 Å². The van der Waals surface area contributed by atoms with Gasteiger partial charge < -0.3 is 9.64 Å². The number of hydrogen-bond donors (Lipinski definition) is 0. The number of rotatable bonds is 7. The van der Waals surface area contributed by atoms with Crippen molar-refractivity contribution in [2.45, 2.75) is 44.8 Å². The zero-order valence-electron chi connectivity index (χ0n) is 14.0. The van der Waals surface area contributed by atoms with Gasteiger partial charge >= 0.3 is 0 Å². The molecule has 1 aromatic heterocycles. The van der Waals surface area contributed by atoms with Crippen LogP contribution in [0.15, 0.2) is 47.8 Å². The molecular weight excluding hydrogens is 318 g/mol. The van der Waals surface area contributed by atoms with Gasteiger partial charge in [-0.1, -0.05) is 36.4 Å². The van der Waals surface area contributed by atoms with Crippen LogP contribution in [0.5, 0.6) is 0 Å². The lowest BCUT2D eigenvalue weighted by molar-refractivity contribution is -0.134. The third-order valence-electron chi connectivity index (χ3n) is 4.52. The lowest BCUT2D eigenvalue weighted by Gasteiger charge is -2.32. The quantitative estimate of drug-likeness (QED) is 0.751. The van der Waals surface area contributed by atoms with Gasteiger partial charge in [0.1, 0.15) is 0 Å². The van der Waals surface area contributed by atoms with Crippen molar-refractivity contribution in [2.24, 2.45) is 0 Å². The number of nitrogens with zero attached hydrogens (tertiary/aromatic N) is 1. The van der Waals surface area contributed by atoms with Gasteiger partial charge in [0.25, 0.3) is 0 Å². The molecule has 3 nitrogen and oxygen atoms in total. The molecule has 2 aromatic rings. The van der Waals surface area contributed by atoms with Crippen LogP contribution in [0.2, 0.25) is 0 Å². The number of aryl methyl sites for hydroxylation is 1. The van der Waals surface area contributed by atoms with E-state index in [4.69, 9.17) is 4.74 Å². The molecule has 0 bridgehead atoms. The normalized spacial score (nSPS) is 15.6. The van der Waals surface area contributed by atoms with E-state index in [0.717, 1.165) is 38.8 Å². The smallest absolute Gasteiger partial charge is 0.222 e. The van der Waals surface area contributed by atoms with Gasteiger partial charge in [-0.05, 0) is 42.7 Å². The maximum absolute atomic E-state index is 12.3. The van der Waals surface area contributed by atoms with Gasteiger partial charge in [0.15, 0.2) is 0 Å². The molecule has 1 aromatic carbocycles. The molecule has 0 N–H and O–H groups in total. The molecule has 128 valence electrons. The van der Waals surface area contributed by atoms with E-state index in [9.17, 15) is 4.79 Å². The van der Waals surface area contributed by atoms with Gasteiger partial charge in [0, 0.05) is 24.4 Å². The lowest BCUT2D eigenvalue weighted by Crippen LogP contribution is -2.40. The van der Waals surface area contributed by atoms with Crippen LogP contribution >= 0.6 is 11.3 Å². The summed E-state index contributed by atoms with van der Waals surface area (Å²) in [5.74, 6) is 0.299. The molecule has 4 heteroatoms. The molecule has 24 heavy (non-hydrogen) atoms. The van der Waals surface area contributed by atoms with Crippen LogP contribution in [-0.2, 0) is 22.6 Å². The molecule has 0 aliphatic carbocycles. The fraction of sp³-hybridized carbons (Fsp3) is 0.450. The lowest BCUT2D eigenvalue weighted by atomic mass is 10.1. The Morgan fingerprint density at radius 3 is 2.62 bits per heavy atom. The Bertz CT molecular complexity index is 604. The summed E-state index contributed by atoms with van der Waals surface area (Å²) >= 11 is 1.77. The highest BCUT2D eigenvalue weighted by atomic mass is 32.1. The molecule has 1 aliphatic heterocycles. The fourth-order valence-electron chi connectivity index (χ4n) is 3.09. The summed E-state index contributed by atoms with van der Waals surface area (Å²) < 4.78 is 5.99. The van der Waals surface area contributed by atoms with E-state index in [2.05, 4.69) is 29.6 Å². The Labute approximate surface area is 148 Å². The predicted octanol–water partition coefficient (Wildman–Crippen LogP) is 4.28. The zero-order valence-corrected chi connectivity index (χ0v) is 14.8. The molecule has 0 unspecified atom stereocenters. The van der Waals surface area contributed by atoms with Gasteiger partial charge in [0.2, 0.25) is 5.91 Å². The monoisotopic (exact) mass is 343 g/mol. The van der Waals surface area contributed by atoms with E-state index in [-0.39, 0.29) is 6.10 Å². The van der Waals surface area contributed by atoms with Gasteiger partial charge in [-0.15, -0.1) is 11.3 Å². The number of likely N-dealkylation sites (tertiary alicyclic amines) is 1. The highest BCUT2D eigenvalue weighted by Crippen LogP contribution is 2.18. The minimum atomic E-state index is 0.278. The van der Waals surface area contributed by atoms with E-state index < -0.39 is 0 Å². The first-order valence-corrected chi connectivity index (χ1v) is 9.65. The molecule has 1 amide bonds. The first kappa shape index (κ1) is 17.2. The van der Waals surface area contributed by atoms with Gasteiger partial charge in [-0.25, -0.2) is 0 Å². The third kappa shape index (κ3) is 5.18. The van der Waals surface area contributed by atoms with Crippen molar-refractivity contribution in [1.29, 1.82) is 0 Å². The molecule has 1 aliphatic rings. The van der Waals surface area contributed by atoms with E-state index in [1.54, 1.807) is 11.3 Å². The summed E-state index contributed by atoms with van der Waals surface area (Å²) in [6, 6.07) is 14.5. The summed E-state index contributed by atoms with van der Waals surface area (Å²) in [7, 11) is 0. The second kappa shape index (κ2) is 9.00. The van der Waals surface area contributed by atoms with E-state index >= 15 is 0 Å². The van der Waals surface area contributed by atoms with Gasteiger partial charge in [-0.3, -0.25) is 4.79 Å². The van der Waals surface area contributed by atoms with Crippen LogP contribution in [-0.4, -0.2) is 30.0 Å². The van der Waals surface area contributed by atoms with Crippen molar-refractivity contribution < 1.29 is 9.53 Å². The van der Waals surface area contributed by atoms with Gasteiger partial charge in [-0.2, -0.15) is 0 Å². The average Bonchev–Trinajstić information content (AvgIpc) is 3.15. The Kier molecular flexibility index (Phi) is 6.44. The molecule has 1 saturated heterocycles. The van der Waals surface area contributed by atoms with Crippen LogP contribution < -0.4 is 0 Å². The van der Waals surface area contributed by atoms with Crippen molar-refractivity contribution in [3.63, 3.8) is 0 Å². The maximum atomic E-state index is 12.3. The minimum Gasteiger partial charge on any atom is -0.373 e. The molecule has 2 heterocycles. The number of thiophene rings is 1. The molecule has 0 atom stereocenters. The predicted molar refractivity (Wildman–Crippen MR) is 98.1 cm³/mol. The number of hydrogen-bond acceptors (Lipinski definition) is 3. The summed E-state index contributed by atoms with van der Waals surface area (Å²) in [4.78, 5) is 15.7. The van der Waals surface area contributed by atoms with Crippen LogP contribution in [0, 0.1) is 0 Å². The van der Waals surface area contributed by atoms with Crippen LogP contribution in [0.25, 0.3) is 0 Å². The van der Waals surface area contributed by atoms with Crippen molar-refractivity contribution >= 4 is 17.2 Å². The van der Waals surface area contributed by atoms with Crippen LogP contribution in [0.1, 0.15) is 36.1 Å². The van der Waals surface area contributed by atoms with E-state index in [1.165, 1.54) is 10.4 Å². The average molecular weight is 343 g/mol. The second-order valence-corrected chi connectivity index (χ2v) is 7.34. The molecule has 0 radical (unpaired) electrons. The SMILES string of the molecule is O=C(CCCc1cccs1)N1CCC(OCc2ccccc2)CC1. The molecule has 0 spiro atoms. The molecular formula is C20H25NO2S. The first-order chi connectivity index (χ1) is 11.8. The number of ether oxygens (including phenoxy) is 1. The minimum absolute atomic E-state index is 0.278. The summed E-state index contributed by atoms with van der Waals surface area (Å²) in [6.45, 7) is 2.33. The van der Waals surface area contributed by atoms with E-state index in [0.29, 0.717) is 18.9 Å². The highest BCUT2D eigenvalue weighted by Gasteiger charge is 2.22. The van der Waals surface area contributed by atoms with Crippen molar-refractivity contribution in [1.82, 2.24) is 4.90 Å². The number of benzene rings is 1. The standard InChI is InChI=1S/C20H25NO2S/c22-20(10-4-8-19-9-5-15-24-19)21-13-11-18(12-14-21)23-16-17-6-2-1-3-7-17/h1-3,5-7,9,15,18H,4,8,10-14,16H2. The first-order valence-electron chi connectivity index (χ1n) is 8.77. The fourth-order valence-corrected chi connectivity index (χ4v) is 3.84. The largest absolute Gasteiger partial charge is 0.373 e. The summed E-state index contributed by atoms with van der Waals surface area (Å²) in [5.41, 5.74) is 1.21. The van der Waals surface area contributed by atoms with Crippen molar-refractivity contribution in [3.8, 4) is 0 Å². The molecule has 0 saturated carbocycles. The van der Waals surface area contributed by atoms with E-state index in [1.807, 2.05) is 23.1 Å². The summed E-state index contributed by atoms with van der Waals surface area (Å²) in [5, 5.41) is 2.09. The number of carbonyl (C=O) groups is 1. The number of piperidine rings is 1. The second-order valence-electron chi connectivity index (χ2n) is 6.31. The zero-order chi connectivity index (χ0) is 16.6. The number of carbonyl (C=O) groups excluding carboxylic acids is 1. The highest BCUT2D eigenvalue weighted by molar-refractivity contribution is 7.09. The Balaban J connectivity index is 1.33. The van der Waals surface area contributed by atoms with Crippen molar-refractivity contribution in [3.05, 3.63) is 58.3 Å². The summed E-state index contributed by atoms with van der Waals surface area (Å²) in [6.07, 6.45) is 4.80. The Hall–Kier alpha value is -1.65. The number of amides is 1. The van der Waals surface area contributed by atoms with Crippen LogP contribution in [0.3, 0.4) is 0 Å².